The maximum atomic E-state index is 14.3. The molecule has 0 radical (unpaired) electrons. The van der Waals surface area contributed by atoms with Gasteiger partial charge in [0.2, 0.25) is 0 Å². The molecule has 0 amide bonds. The molecule has 1 heterocycles. The molecule has 6 heteroatoms. The smallest absolute Gasteiger partial charge is 0.302 e. The zero-order valence-electron chi connectivity index (χ0n) is 30.4. The molecule has 1 rings (SSSR count). The van der Waals surface area contributed by atoms with Crippen LogP contribution in [0.4, 0.5) is 0 Å². The molecular weight excluding hydrogens is 563 g/mol. The minimum absolute atomic E-state index is 0.475. The van der Waals surface area contributed by atoms with Crippen molar-refractivity contribution in [1.82, 2.24) is 9.99 Å². The molecule has 1 fully saturated rings. The van der Waals surface area contributed by atoms with Crippen LogP contribution in [0.25, 0.3) is 0 Å². The minimum atomic E-state index is -3.36. The van der Waals surface area contributed by atoms with Crippen LogP contribution in [0, 0.1) is 11.8 Å². The summed E-state index contributed by atoms with van der Waals surface area (Å²) >= 11 is 0. The quantitative estimate of drug-likeness (QED) is 0.0559. The van der Waals surface area contributed by atoms with Gasteiger partial charge in [0.05, 0.1) is 13.2 Å². The minimum Gasteiger partial charge on any atom is -0.302 e. The number of rotatable bonds is 34. The number of hydrogen-bond donors (Lipinski definition) is 1. The van der Waals surface area contributed by atoms with Gasteiger partial charge in [-0.15, -0.1) is 0 Å². The summed E-state index contributed by atoms with van der Waals surface area (Å²) in [6.07, 6.45) is 33.4. The number of nitrogens with zero attached hydrogens (tertiary/aromatic N) is 1. The molecule has 0 spiro atoms. The summed E-state index contributed by atoms with van der Waals surface area (Å²) in [6, 6.07) is 0. The Morgan fingerprint density at radius 3 is 1.23 bits per heavy atom. The first kappa shape index (κ1) is 42.1. The van der Waals surface area contributed by atoms with Crippen molar-refractivity contribution < 1.29 is 13.6 Å². The summed E-state index contributed by atoms with van der Waals surface area (Å²) in [5.74, 6) is 0.951. The lowest BCUT2D eigenvalue weighted by molar-refractivity contribution is 0.139. The highest BCUT2D eigenvalue weighted by molar-refractivity contribution is 7.51. The standard InChI is InChI=1S/C38H79N2O3P/c1-5-9-13-17-21-27-37(28-22-18-14-10-6-2)35-42-44(41,39-31-34-40-32-25-26-33-40)43-36-38(29-23-19-15-11-7-3)30-24-20-16-12-8-4/h37-38H,5-36H2,1-4H3,(H,39,41). The van der Waals surface area contributed by atoms with Crippen molar-refractivity contribution in [3.05, 3.63) is 0 Å². The van der Waals surface area contributed by atoms with Crippen LogP contribution in [0.5, 0.6) is 0 Å². The van der Waals surface area contributed by atoms with E-state index in [1.54, 1.807) is 0 Å². The van der Waals surface area contributed by atoms with Crippen LogP contribution in [0.15, 0.2) is 0 Å². The van der Waals surface area contributed by atoms with Crippen molar-refractivity contribution in [2.75, 3.05) is 39.4 Å². The molecule has 0 bridgehead atoms. The van der Waals surface area contributed by atoms with Gasteiger partial charge in [-0.1, -0.05) is 156 Å². The molecule has 0 aromatic carbocycles. The van der Waals surface area contributed by atoms with E-state index in [4.69, 9.17) is 9.05 Å². The second kappa shape index (κ2) is 30.4. The Morgan fingerprint density at radius 2 is 0.886 bits per heavy atom. The van der Waals surface area contributed by atoms with Gasteiger partial charge in [0.15, 0.2) is 0 Å². The Kier molecular flexibility index (Phi) is 29.1. The van der Waals surface area contributed by atoms with Crippen LogP contribution < -0.4 is 5.09 Å². The van der Waals surface area contributed by atoms with Crippen LogP contribution in [0.2, 0.25) is 0 Å². The summed E-state index contributed by atoms with van der Waals surface area (Å²) < 4.78 is 27.0. The van der Waals surface area contributed by atoms with E-state index in [1.165, 1.54) is 167 Å². The third-order valence-electron chi connectivity index (χ3n) is 9.76. The monoisotopic (exact) mass is 643 g/mol. The number of likely N-dealkylation sites (tertiary alicyclic amines) is 1. The van der Waals surface area contributed by atoms with E-state index in [0.29, 0.717) is 31.6 Å². The molecule has 0 atom stereocenters. The van der Waals surface area contributed by atoms with Gasteiger partial charge < -0.3 is 4.90 Å². The third kappa shape index (κ3) is 24.3. The van der Waals surface area contributed by atoms with E-state index in [9.17, 15) is 4.57 Å². The summed E-state index contributed by atoms with van der Waals surface area (Å²) in [5.41, 5.74) is 0. The van der Waals surface area contributed by atoms with E-state index in [-0.39, 0.29) is 0 Å². The fraction of sp³-hybridized carbons (Fsp3) is 1.00. The Hall–Kier alpha value is 0.0700. The van der Waals surface area contributed by atoms with Crippen LogP contribution >= 0.6 is 7.75 Å². The first-order valence-corrected chi connectivity index (χ1v) is 21.5. The van der Waals surface area contributed by atoms with Gasteiger partial charge in [0.25, 0.3) is 0 Å². The van der Waals surface area contributed by atoms with E-state index >= 15 is 0 Å². The fourth-order valence-electron chi connectivity index (χ4n) is 6.66. The first-order chi connectivity index (χ1) is 21.6. The molecule has 5 nitrogen and oxygen atoms in total. The average Bonchev–Trinajstić information content (AvgIpc) is 3.55. The topological polar surface area (TPSA) is 50.8 Å². The Bertz CT molecular complexity index is 576. The van der Waals surface area contributed by atoms with E-state index in [2.05, 4.69) is 37.7 Å². The molecule has 0 aromatic heterocycles. The maximum absolute atomic E-state index is 14.3. The molecule has 1 saturated heterocycles. The van der Waals surface area contributed by atoms with Gasteiger partial charge in [-0.25, -0.2) is 9.65 Å². The maximum Gasteiger partial charge on any atom is 0.405 e. The lowest BCUT2D eigenvalue weighted by Gasteiger charge is -2.26. The number of unbranched alkanes of at least 4 members (excludes halogenated alkanes) is 16. The molecule has 0 aliphatic carbocycles. The van der Waals surface area contributed by atoms with Crippen molar-refractivity contribution in [2.45, 2.75) is 195 Å². The van der Waals surface area contributed by atoms with Gasteiger partial charge in [-0.3, -0.25) is 9.05 Å². The van der Waals surface area contributed by atoms with E-state index < -0.39 is 7.75 Å². The average molecular weight is 643 g/mol. The molecule has 0 aromatic rings. The highest BCUT2D eigenvalue weighted by atomic mass is 31.2. The van der Waals surface area contributed by atoms with E-state index in [0.717, 1.165) is 19.6 Å². The Labute approximate surface area is 276 Å². The zero-order chi connectivity index (χ0) is 32.0. The molecular formula is C38H79N2O3P. The lowest BCUT2D eigenvalue weighted by Crippen LogP contribution is -2.30. The van der Waals surface area contributed by atoms with Crippen molar-refractivity contribution >= 4 is 7.75 Å². The Balaban J connectivity index is 2.79. The van der Waals surface area contributed by atoms with Crippen LogP contribution in [0.1, 0.15) is 195 Å². The van der Waals surface area contributed by atoms with Crippen LogP contribution in [0.3, 0.4) is 0 Å². The molecule has 0 saturated carbocycles. The van der Waals surface area contributed by atoms with Gasteiger partial charge in [0.1, 0.15) is 0 Å². The SMILES string of the molecule is CCCCCCCC(CCCCCCC)COP(=O)(NCCN1CCCC1)OCC(CCCCCCC)CCCCCCC. The molecule has 1 aliphatic heterocycles. The first-order valence-electron chi connectivity index (χ1n) is 19.9. The highest BCUT2D eigenvalue weighted by Crippen LogP contribution is 2.45. The predicted molar refractivity (Wildman–Crippen MR) is 194 cm³/mol. The molecule has 1 aliphatic rings. The predicted octanol–water partition coefficient (Wildman–Crippen LogP) is 12.5. The van der Waals surface area contributed by atoms with Crippen molar-refractivity contribution in [3.63, 3.8) is 0 Å². The third-order valence-corrected chi connectivity index (χ3v) is 11.3. The Morgan fingerprint density at radius 1 is 0.545 bits per heavy atom. The normalized spacial score (nSPS) is 14.5. The summed E-state index contributed by atoms with van der Waals surface area (Å²) in [6.45, 7) is 14.2. The second-order valence-corrected chi connectivity index (χ2v) is 15.9. The summed E-state index contributed by atoms with van der Waals surface area (Å²) in [5, 5.41) is 3.34. The zero-order valence-corrected chi connectivity index (χ0v) is 31.3. The molecule has 0 unspecified atom stereocenters. The van der Waals surface area contributed by atoms with Crippen LogP contribution in [-0.4, -0.2) is 44.3 Å². The van der Waals surface area contributed by atoms with Gasteiger partial charge in [0, 0.05) is 13.1 Å². The van der Waals surface area contributed by atoms with Crippen molar-refractivity contribution in [1.29, 1.82) is 0 Å². The van der Waals surface area contributed by atoms with Gasteiger partial charge in [-0.05, 0) is 63.5 Å². The summed E-state index contributed by atoms with van der Waals surface area (Å²) in [4.78, 5) is 2.47. The van der Waals surface area contributed by atoms with Crippen molar-refractivity contribution in [3.8, 4) is 0 Å². The fourth-order valence-corrected chi connectivity index (χ4v) is 8.10. The molecule has 1 N–H and O–H groups in total. The van der Waals surface area contributed by atoms with Gasteiger partial charge in [-0.2, -0.15) is 0 Å². The summed E-state index contributed by atoms with van der Waals surface area (Å²) in [7, 11) is -3.36. The van der Waals surface area contributed by atoms with E-state index in [1.807, 2.05) is 0 Å². The van der Waals surface area contributed by atoms with Gasteiger partial charge >= 0.3 is 7.75 Å². The lowest BCUT2D eigenvalue weighted by atomic mass is 9.95. The largest absolute Gasteiger partial charge is 0.405 e. The number of hydrogen-bond acceptors (Lipinski definition) is 4. The highest BCUT2D eigenvalue weighted by Gasteiger charge is 2.28. The molecule has 44 heavy (non-hydrogen) atoms. The second-order valence-electron chi connectivity index (χ2n) is 14.1. The molecule has 264 valence electrons. The van der Waals surface area contributed by atoms with Crippen molar-refractivity contribution in [2.24, 2.45) is 11.8 Å². The van der Waals surface area contributed by atoms with Crippen LogP contribution in [-0.2, 0) is 13.6 Å². The number of nitrogens with one attached hydrogen (secondary N) is 1.